The van der Waals surface area contributed by atoms with Crippen LogP contribution in [0, 0.1) is 12.8 Å². The molecule has 3 rings (SSSR count). The van der Waals surface area contributed by atoms with Crippen molar-refractivity contribution in [2.45, 2.75) is 44.6 Å². The number of carbonyl (C=O) groups excluding carboxylic acids is 1. The van der Waals surface area contributed by atoms with Crippen molar-refractivity contribution in [3.63, 3.8) is 0 Å². The molecule has 1 unspecified atom stereocenters. The van der Waals surface area contributed by atoms with Crippen LogP contribution in [0.4, 0.5) is 0 Å². The standard InChI is InChI=1S/C23H29N3O5S/c1-15(2)12-19(22(27)24-11-10-17-7-5-6-16(3)13-17)25-32(29,30)18-8-9-20-21(14-18)31-23(28)26(20)4/h5-9,13-15,19,25H,10-12H2,1-4H3,(H,24,27). The average Bonchev–Trinajstić information content (AvgIpc) is 3.00. The summed E-state index contributed by atoms with van der Waals surface area (Å²) in [7, 11) is -2.47. The Labute approximate surface area is 187 Å². The zero-order valence-corrected chi connectivity index (χ0v) is 19.5. The van der Waals surface area contributed by atoms with Crippen molar-refractivity contribution >= 4 is 27.0 Å². The lowest BCUT2D eigenvalue weighted by molar-refractivity contribution is -0.123. The molecular weight excluding hydrogens is 430 g/mol. The quantitative estimate of drug-likeness (QED) is 0.511. The van der Waals surface area contributed by atoms with E-state index in [0.717, 1.165) is 11.1 Å². The van der Waals surface area contributed by atoms with Crippen molar-refractivity contribution < 1.29 is 17.6 Å². The van der Waals surface area contributed by atoms with E-state index in [1.807, 2.05) is 39.0 Å². The Kier molecular flexibility index (Phi) is 7.20. The SMILES string of the molecule is Cc1cccc(CCNC(=O)C(CC(C)C)NS(=O)(=O)c2ccc3c(c2)oc(=O)n3C)c1. The van der Waals surface area contributed by atoms with E-state index in [1.54, 1.807) is 7.05 Å². The van der Waals surface area contributed by atoms with Gasteiger partial charge in [-0.3, -0.25) is 9.36 Å². The van der Waals surface area contributed by atoms with Gasteiger partial charge in [-0.2, -0.15) is 4.72 Å². The topological polar surface area (TPSA) is 110 Å². The molecule has 3 aromatic rings. The zero-order chi connectivity index (χ0) is 23.5. The molecule has 1 atom stereocenters. The predicted molar refractivity (Wildman–Crippen MR) is 123 cm³/mol. The van der Waals surface area contributed by atoms with Crippen molar-refractivity contribution in [2.75, 3.05) is 6.54 Å². The largest absolute Gasteiger partial charge is 0.419 e. The molecule has 0 aliphatic heterocycles. The minimum absolute atomic E-state index is 0.0688. The van der Waals surface area contributed by atoms with Crippen molar-refractivity contribution in [2.24, 2.45) is 13.0 Å². The van der Waals surface area contributed by atoms with E-state index in [1.165, 1.54) is 22.8 Å². The van der Waals surface area contributed by atoms with E-state index in [4.69, 9.17) is 4.42 Å². The van der Waals surface area contributed by atoms with Crippen molar-refractivity contribution in [3.8, 4) is 0 Å². The number of oxazole rings is 1. The summed E-state index contributed by atoms with van der Waals surface area (Å²) in [5.41, 5.74) is 2.90. The Bertz CT molecular complexity index is 1270. The van der Waals surface area contributed by atoms with Crippen molar-refractivity contribution in [1.29, 1.82) is 0 Å². The van der Waals surface area contributed by atoms with Gasteiger partial charge < -0.3 is 9.73 Å². The lowest BCUT2D eigenvalue weighted by Crippen LogP contribution is -2.47. The first kappa shape index (κ1) is 23.7. The Balaban J connectivity index is 1.73. The van der Waals surface area contributed by atoms with E-state index in [2.05, 4.69) is 16.1 Å². The van der Waals surface area contributed by atoms with Gasteiger partial charge in [-0.05, 0) is 43.4 Å². The number of rotatable bonds is 9. The Morgan fingerprint density at radius 3 is 2.59 bits per heavy atom. The maximum absolute atomic E-state index is 13.0. The Morgan fingerprint density at radius 2 is 1.91 bits per heavy atom. The number of hydrogen-bond donors (Lipinski definition) is 2. The molecule has 9 heteroatoms. The van der Waals surface area contributed by atoms with Crippen LogP contribution in [0.25, 0.3) is 11.1 Å². The average molecular weight is 460 g/mol. The van der Waals surface area contributed by atoms with Crippen molar-refractivity contribution in [1.82, 2.24) is 14.6 Å². The smallest absolute Gasteiger partial charge is 0.408 e. The first-order chi connectivity index (χ1) is 15.1. The third-order valence-corrected chi connectivity index (χ3v) is 6.66. The highest BCUT2D eigenvalue weighted by Crippen LogP contribution is 2.19. The molecule has 1 heterocycles. The number of hydrogen-bond acceptors (Lipinski definition) is 5. The van der Waals surface area contributed by atoms with E-state index in [-0.39, 0.29) is 22.3 Å². The number of fused-ring (bicyclic) bond motifs is 1. The summed E-state index contributed by atoms with van der Waals surface area (Å²) in [4.78, 5) is 24.4. The van der Waals surface area contributed by atoms with Gasteiger partial charge in [-0.25, -0.2) is 13.2 Å². The van der Waals surface area contributed by atoms with Crippen LogP contribution in [0.15, 0.2) is 56.6 Å². The summed E-state index contributed by atoms with van der Waals surface area (Å²) >= 11 is 0. The van der Waals surface area contributed by atoms with Crippen LogP contribution in [0.3, 0.4) is 0 Å². The summed E-state index contributed by atoms with van der Waals surface area (Å²) in [5, 5.41) is 2.84. The summed E-state index contributed by atoms with van der Waals surface area (Å²) in [5.74, 6) is -0.852. The number of nitrogens with one attached hydrogen (secondary N) is 2. The second kappa shape index (κ2) is 9.70. The lowest BCUT2D eigenvalue weighted by atomic mass is 10.0. The fourth-order valence-corrected chi connectivity index (χ4v) is 4.76. The number of nitrogens with zero attached hydrogens (tertiary/aromatic N) is 1. The number of benzene rings is 2. The van der Waals surface area contributed by atoms with Gasteiger partial charge in [0, 0.05) is 19.7 Å². The van der Waals surface area contributed by atoms with Crippen LogP contribution >= 0.6 is 0 Å². The maximum atomic E-state index is 13.0. The van der Waals surface area contributed by atoms with Gasteiger partial charge in [-0.1, -0.05) is 43.7 Å². The van der Waals surface area contributed by atoms with Crippen molar-refractivity contribution in [3.05, 3.63) is 64.1 Å². The van der Waals surface area contributed by atoms with Gasteiger partial charge in [0.15, 0.2) is 5.58 Å². The van der Waals surface area contributed by atoms with Crippen LogP contribution in [0.5, 0.6) is 0 Å². The van der Waals surface area contributed by atoms with Crippen LogP contribution in [-0.2, 0) is 28.3 Å². The fourth-order valence-electron chi connectivity index (χ4n) is 3.54. The molecule has 1 aromatic heterocycles. The second-order valence-corrected chi connectivity index (χ2v) is 10.1. The number of carbonyl (C=O) groups is 1. The number of aryl methyl sites for hydroxylation is 2. The molecule has 32 heavy (non-hydrogen) atoms. The number of aromatic nitrogens is 1. The van der Waals surface area contributed by atoms with Gasteiger partial charge in [-0.15, -0.1) is 0 Å². The molecule has 0 saturated heterocycles. The summed E-state index contributed by atoms with van der Waals surface area (Å²) in [6, 6.07) is 11.3. The molecule has 2 N–H and O–H groups in total. The van der Waals surface area contributed by atoms with E-state index >= 15 is 0 Å². The molecule has 0 radical (unpaired) electrons. The van der Waals surface area contributed by atoms with Crippen LogP contribution < -0.4 is 15.8 Å². The van der Waals surface area contributed by atoms with E-state index < -0.39 is 21.8 Å². The number of sulfonamides is 1. The molecule has 8 nitrogen and oxygen atoms in total. The molecule has 1 amide bonds. The molecule has 0 bridgehead atoms. The summed E-state index contributed by atoms with van der Waals surface area (Å²) in [6.45, 7) is 6.26. The molecule has 2 aromatic carbocycles. The van der Waals surface area contributed by atoms with Gasteiger partial charge in [0.2, 0.25) is 15.9 Å². The molecule has 0 fully saturated rings. The van der Waals surface area contributed by atoms with Gasteiger partial charge in [0.05, 0.1) is 10.4 Å². The summed E-state index contributed by atoms with van der Waals surface area (Å²) in [6.07, 6.45) is 0.996. The molecule has 0 spiro atoms. The second-order valence-electron chi connectivity index (χ2n) is 8.39. The van der Waals surface area contributed by atoms with Gasteiger partial charge >= 0.3 is 5.76 Å². The first-order valence-corrected chi connectivity index (χ1v) is 12.0. The molecule has 172 valence electrons. The highest BCUT2D eigenvalue weighted by atomic mass is 32.2. The Hall–Kier alpha value is -2.91. The van der Waals surface area contributed by atoms with Crippen LogP contribution in [-0.4, -0.2) is 31.5 Å². The minimum Gasteiger partial charge on any atom is -0.408 e. The molecule has 0 saturated carbocycles. The zero-order valence-electron chi connectivity index (χ0n) is 18.7. The normalized spacial score (nSPS) is 12.9. The molecule has 0 aliphatic rings. The number of amides is 1. The third kappa shape index (κ3) is 5.66. The van der Waals surface area contributed by atoms with Gasteiger partial charge in [0.1, 0.15) is 6.04 Å². The van der Waals surface area contributed by atoms with Gasteiger partial charge in [0.25, 0.3) is 0 Å². The maximum Gasteiger partial charge on any atom is 0.419 e. The minimum atomic E-state index is -4.01. The highest BCUT2D eigenvalue weighted by Gasteiger charge is 2.27. The Morgan fingerprint density at radius 1 is 1.16 bits per heavy atom. The van der Waals surface area contributed by atoms with Crippen LogP contribution in [0.1, 0.15) is 31.4 Å². The molecule has 0 aliphatic carbocycles. The molecular formula is C23H29N3O5S. The van der Waals surface area contributed by atoms with Crippen LogP contribution in [0.2, 0.25) is 0 Å². The van der Waals surface area contributed by atoms with E-state index in [9.17, 15) is 18.0 Å². The highest BCUT2D eigenvalue weighted by molar-refractivity contribution is 7.89. The lowest BCUT2D eigenvalue weighted by Gasteiger charge is -2.20. The monoisotopic (exact) mass is 459 g/mol. The fraction of sp³-hybridized carbons (Fsp3) is 0.391. The first-order valence-electron chi connectivity index (χ1n) is 10.5. The third-order valence-electron chi connectivity index (χ3n) is 5.19. The van der Waals surface area contributed by atoms with E-state index in [0.29, 0.717) is 24.9 Å². The predicted octanol–water partition coefficient (Wildman–Crippen LogP) is 2.49. The summed E-state index contributed by atoms with van der Waals surface area (Å²) < 4.78 is 34.9.